The Hall–Kier alpha value is -1.81. The predicted octanol–water partition coefficient (Wildman–Crippen LogP) is 4.36. The molecule has 4 heteroatoms. The molecule has 0 N–H and O–H groups in total. The maximum absolute atomic E-state index is 12.5. The van der Waals surface area contributed by atoms with Gasteiger partial charge < -0.3 is 4.74 Å². The molecule has 0 aliphatic heterocycles. The topological polar surface area (TPSA) is 43.4 Å². The Morgan fingerprint density at radius 3 is 1.96 bits per heavy atom. The molecule has 0 unspecified atom stereocenters. The molecule has 0 fully saturated rings. The van der Waals surface area contributed by atoms with Crippen molar-refractivity contribution in [2.45, 2.75) is 43.8 Å². The highest BCUT2D eigenvalue weighted by Gasteiger charge is 2.17. The van der Waals surface area contributed by atoms with Crippen LogP contribution in [0.2, 0.25) is 0 Å². The Morgan fingerprint density at radius 2 is 1.48 bits per heavy atom. The molecular weight excluding hydrogens is 308 g/mol. The zero-order valence-corrected chi connectivity index (χ0v) is 15.0. The summed E-state index contributed by atoms with van der Waals surface area (Å²) in [5.41, 5.74) is 2.05. The van der Waals surface area contributed by atoms with Crippen molar-refractivity contribution in [1.82, 2.24) is 0 Å². The van der Waals surface area contributed by atoms with Crippen LogP contribution in [0.3, 0.4) is 0 Å². The van der Waals surface area contributed by atoms with Gasteiger partial charge in [-0.05, 0) is 47.7 Å². The van der Waals surface area contributed by atoms with Gasteiger partial charge in [0.1, 0.15) is 5.75 Å². The van der Waals surface area contributed by atoms with Crippen LogP contribution in [0, 0.1) is 0 Å². The Labute approximate surface area is 139 Å². The lowest BCUT2D eigenvalue weighted by Crippen LogP contribution is -2.11. The summed E-state index contributed by atoms with van der Waals surface area (Å²) in [5, 5.41) is 0. The van der Waals surface area contributed by atoms with Crippen LogP contribution in [0.4, 0.5) is 0 Å². The summed E-state index contributed by atoms with van der Waals surface area (Å²) in [6.07, 6.45) is 0. The van der Waals surface area contributed by atoms with E-state index < -0.39 is 9.84 Å². The molecule has 0 spiro atoms. The number of benzene rings is 2. The molecular formula is C19H24O3S. The molecule has 0 radical (unpaired) electrons. The summed E-state index contributed by atoms with van der Waals surface area (Å²) in [6, 6.07) is 14.4. The van der Waals surface area contributed by atoms with Crippen LogP contribution < -0.4 is 4.74 Å². The van der Waals surface area contributed by atoms with Gasteiger partial charge in [0.15, 0.2) is 9.84 Å². The van der Waals surface area contributed by atoms with Gasteiger partial charge in [0.25, 0.3) is 0 Å². The van der Waals surface area contributed by atoms with Gasteiger partial charge in [-0.15, -0.1) is 0 Å². The Kier molecular flexibility index (Phi) is 5.15. The van der Waals surface area contributed by atoms with E-state index in [0.717, 1.165) is 5.56 Å². The van der Waals surface area contributed by atoms with Gasteiger partial charge in [-0.25, -0.2) is 8.42 Å². The van der Waals surface area contributed by atoms with Crippen LogP contribution >= 0.6 is 0 Å². The fourth-order valence-corrected chi connectivity index (χ4v) is 3.66. The summed E-state index contributed by atoms with van der Waals surface area (Å²) in [4.78, 5) is 0.320. The molecule has 2 aromatic carbocycles. The molecule has 0 bridgehead atoms. The second-order valence-electron chi connectivity index (χ2n) is 6.61. The van der Waals surface area contributed by atoms with Crippen molar-refractivity contribution in [1.29, 1.82) is 0 Å². The van der Waals surface area contributed by atoms with Gasteiger partial charge >= 0.3 is 0 Å². The molecule has 0 amide bonds. The molecule has 2 aromatic rings. The van der Waals surface area contributed by atoms with Crippen LogP contribution in [0.1, 0.15) is 38.8 Å². The molecule has 0 saturated heterocycles. The Morgan fingerprint density at radius 1 is 0.913 bits per heavy atom. The van der Waals surface area contributed by atoms with Crippen LogP contribution in [0.5, 0.6) is 5.75 Å². The van der Waals surface area contributed by atoms with Gasteiger partial charge in [0, 0.05) is 0 Å². The van der Waals surface area contributed by atoms with Crippen molar-refractivity contribution in [2.75, 3.05) is 6.61 Å². The fourth-order valence-electron chi connectivity index (χ4n) is 2.31. The SMILES string of the molecule is CCOc1ccc(S(=O)(=O)Cc2ccc(C(C)(C)C)cc2)cc1. The number of hydrogen-bond acceptors (Lipinski definition) is 3. The highest BCUT2D eigenvalue weighted by molar-refractivity contribution is 7.90. The maximum Gasteiger partial charge on any atom is 0.182 e. The summed E-state index contributed by atoms with van der Waals surface area (Å²) in [5.74, 6) is 0.687. The molecule has 0 aliphatic carbocycles. The van der Waals surface area contributed by atoms with E-state index in [-0.39, 0.29) is 11.2 Å². The normalized spacial score (nSPS) is 12.2. The van der Waals surface area contributed by atoms with Crippen molar-refractivity contribution >= 4 is 9.84 Å². The first-order chi connectivity index (χ1) is 10.7. The van der Waals surface area contributed by atoms with E-state index in [9.17, 15) is 8.42 Å². The van der Waals surface area contributed by atoms with Gasteiger partial charge in [0.2, 0.25) is 0 Å². The van der Waals surface area contributed by atoms with Crippen molar-refractivity contribution < 1.29 is 13.2 Å². The second kappa shape index (κ2) is 6.75. The average Bonchev–Trinajstić information content (AvgIpc) is 2.47. The van der Waals surface area contributed by atoms with E-state index in [1.807, 2.05) is 31.2 Å². The molecule has 0 atom stereocenters. The minimum atomic E-state index is -3.35. The quantitative estimate of drug-likeness (QED) is 0.817. The molecule has 0 heterocycles. The van der Waals surface area contributed by atoms with Gasteiger partial charge in [-0.2, -0.15) is 0 Å². The van der Waals surface area contributed by atoms with Gasteiger partial charge in [-0.3, -0.25) is 0 Å². The molecule has 0 aromatic heterocycles. The molecule has 3 nitrogen and oxygen atoms in total. The molecule has 0 saturated carbocycles. The Balaban J connectivity index is 2.17. The summed E-state index contributed by atoms with van der Waals surface area (Å²) >= 11 is 0. The van der Waals surface area contributed by atoms with E-state index in [2.05, 4.69) is 20.8 Å². The van der Waals surface area contributed by atoms with Crippen LogP contribution in [0.25, 0.3) is 0 Å². The lowest BCUT2D eigenvalue weighted by molar-refractivity contribution is 0.340. The van der Waals surface area contributed by atoms with Crippen LogP contribution in [-0.2, 0) is 21.0 Å². The first-order valence-electron chi connectivity index (χ1n) is 7.77. The van der Waals surface area contributed by atoms with E-state index in [4.69, 9.17) is 4.74 Å². The average molecular weight is 332 g/mol. The van der Waals surface area contributed by atoms with Gasteiger partial charge in [0.05, 0.1) is 17.3 Å². The molecule has 23 heavy (non-hydrogen) atoms. The third kappa shape index (κ3) is 4.58. The van der Waals surface area contributed by atoms with Crippen LogP contribution in [0.15, 0.2) is 53.4 Å². The number of ether oxygens (including phenoxy) is 1. The zero-order chi connectivity index (χ0) is 17.1. The maximum atomic E-state index is 12.5. The number of hydrogen-bond donors (Lipinski definition) is 0. The minimum Gasteiger partial charge on any atom is -0.494 e. The Bertz CT molecular complexity index is 737. The fraction of sp³-hybridized carbons (Fsp3) is 0.368. The first-order valence-corrected chi connectivity index (χ1v) is 9.42. The van der Waals surface area contributed by atoms with Gasteiger partial charge in [-0.1, -0.05) is 45.0 Å². The summed E-state index contributed by atoms with van der Waals surface area (Å²) < 4.78 is 30.4. The highest BCUT2D eigenvalue weighted by atomic mass is 32.2. The van der Waals surface area contributed by atoms with E-state index in [1.165, 1.54) is 5.56 Å². The standard InChI is InChI=1S/C19H24O3S/c1-5-22-17-10-12-18(13-11-17)23(20,21)14-15-6-8-16(9-7-15)19(2,3)4/h6-13H,5,14H2,1-4H3. The van der Waals surface area contributed by atoms with E-state index in [1.54, 1.807) is 24.3 Å². The van der Waals surface area contributed by atoms with Crippen molar-refractivity contribution in [3.8, 4) is 5.75 Å². The molecule has 124 valence electrons. The lowest BCUT2D eigenvalue weighted by Gasteiger charge is -2.19. The molecule has 2 rings (SSSR count). The molecule has 0 aliphatic rings. The lowest BCUT2D eigenvalue weighted by atomic mass is 9.87. The zero-order valence-electron chi connectivity index (χ0n) is 14.2. The van der Waals surface area contributed by atoms with Crippen molar-refractivity contribution in [2.24, 2.45) is 0 Å². The predicted molar refractivity (Wildman–Crippen MR) is 93.6 cm³/mol. The van der Waals surface area contributed by atoms with Crippen molar-refractivity contribution in [3.63, 3.8) is 0 Å². The largest absolute Gasteiger partial charge is 0.494 e. The van der Waals surface area contributed by atoms with Crippen LogP contribution in [-0.4, -0.2) is 15.0 Å². The highest BCUT2D eigenvalue weighted by Crippen LogP contribution is 2.24. The monoisotopic (exact) mass is 332 g/mol. The summed E-state index contributed by atoms with van der Waals surface area (Å²) in [6.45, 7) is 8.87. The smallest absolute Gasteiger partial charge is 0.182 e. The third-order valence-corrected chi connectivity index (χ3v) is 5.37. The van der Waals surface area contributed by atoms with Crippen molar-refractivity contribution in [3.05, 3.63) is 59.7 Å². The second-order valence-corrected chi connectivity index (χ2v) is 8.60. The minimum absolute atomic E-state index is 0.00536. The summed E-state index contributed by atoms with van der Waals surface area (Å²) in [7, 11) is -3.35. The van der Waals surface area contributed by atoms with E-state index in [0.29, 0.717) is 17.3 Å². The number of rotatable bonds is 5. The third-order valence-electron chi connectivity index (χ3n) is 3.67. The first kappa shape index (κ1) is 17.5. The van der Waals surface area contributed by atoms with E-state index >= 15 is 0 Å². The number of sulfone groups is 1.